The van der Waals surface area contributed by atoms with Crippen molar-refractivity contribution in [2.45, 2.75) is 12.5 Å². The quantitative estimate of drug-likeness (QED) is 0.122. The molecule has 0 spiro atoms. The highest BCUT2D eigenvalue weighted by molar-refractivity contribution is 5.94. The maximum absolute atomic E-state index is 12.0. The lowest BCUT2D eigenvalue weighted by Gasteiger charge is -2.17. The number of hydrogen-bond donors (Lipinski definition) is 6. The summed E-state index contributed by atoms with van der Waals surface area (Å²) in [4.78, 5) is 25.3. The summed E-state index contributed by atoms with van der Waals surface area (Å²) in [5.74, 6) is 1.29. The number of carbonyl (C=O) groups is 1. The van der Waals surface area contributed by atoms with E-state index in [0.29, 0.717) is 75.0 Å². The van der Waals surface area contributed by atoms with Crippen molar-refractivity contribution in [1.82, 2.24) is 20.3 Å². The summed E-state index contributed by atoms with van der Waals surface area (Å²) in [6.07, 6.45) is 5.77. The molecule has 40 heavy (non-hydrogen) atoms. The van der Waals surface area contributed by atoms with Crippen molar-refractivity contribution in [3.8, 4) is 5.75 Å². The van der Waals surface area contributed by atoms with Gasteiger partial charge in [-0.3, -0.25) is 4.79 Å². The third kappa shape index (κ3) is 9.57. The molecule has 1 heterocycles. The average molecular weight is 548 g/mol. The minimum atomic E-state index is -0.129. The number of ether oxygens (including phenoxy) is 2. The van der Waals surface area contributed by atoms with E-state index in [2.05, 4.69) is 36.2 Å². The number of aliphatic hydroxyl groups excluding tert-OH is 1. The average Bonchev–Trinajstić information content (AvgIpc) is 2.97. The second-order valence-corrected chi connectivity index (χ2v) is 8.73. The van der Waals surface area contributed by atoms with Gasteiger partial charge in [0.25, 0.3) is 5.91 Å². The third-order valence-electron chi connectivity index (χ3n) is 5.62. The molecule has 0 bridgehead atoms. The number of nitrogens with one attached hydrogen (secondary N) is 4. The maximum atomic E-state index is 12.0. The molecule has 3 aromatic rings. The number of hydrogen-bond acceptors (Lipinski definition) is 11. The summed E-state index contributed by atoms with van der Waals surface area (Å²) in [6, 6.07) is 15.5. The van der Waals surface area contributed by atoms with Crippen LogP contribution in [0.4, 0.5) is 23.5 Å². The van der Waals surface area contributed by atoms with E-state index in [9.17, 15) is 15.0 Å². The number of phenolic OH excluding ortho intramolecular Hbond substituents is 1. The van der Waals surface area contributed by atoms with Crippen molar-refractivity contribution in [2.24, 2.45) is 0 Å². The highest BCUT2D eigenvalue weighted by Gasteiger charge is 2.13. The fourth-order valence-electron chi connectivity index (χ4n) is 3.62. The number of amides is 1. The van der Waals surface area contributed by atoms with Crippen LogP contribution in [0, 0.1) is 0 Å². The zero-order valence-corrected chi connectivity index (χ0v) is 21.9. The summed E-state index contributed by atoms with van der Waals surface area (Å²) < 4.78 is 11.1. The summed E-state index contributed by atoms with van der Waals surface area (Å²) >= 11 is 0. The number of aromatic hydroxyl groups is 1. The Bertz CT molecular complexity index is 1290. The summed E-state index contributed by atoms with van der Waals surface area (Å²) in [6.45, 7) is 2.47. The van der Waals surface area contributed by atoms with Crippen LogP contribution in [-0.4, -0.2) is 76.6 Å². The molecule has 0 saturated carbocycles. The number of nitrogens with zero attached hydrogens (tertiary/aromatic N) is 3. The number of benzene rings is 2. The second kappa shape index (κ2) is 15.0. The first-order chi connectivity index (χ1) is 19.5. The number of phenols is 1. The first kappa shape index (κ1) is 28.3. The molecule has 12 heteroatoms. The Balaban J connectivity index is 1.18. The fraction of sp³-hybridized carbons (Fsp3) is 0.286. The molecule has 6 N–H and O–H groups in total. The molecule has 1 atom stereocenters. The van der Waals surface area contributed by atoms with E-state index in [4.69, 9.17) is 9.47 Å². The molecule has 1 unspecified atom stereocenters. The van der Waals surface area contributed by atoms with Gasteiger partial charge in [0.2, 0.25) is 17.8 Å². The van der Waals surface area contributed by atoms with E-state index in [-0.39, 0.29) is 23.5 Å². The van der Waals surface area contributed by atoms with Gasteiger partial charge in [-0.15, -0.1) is 0 Å². The molecule has 1 amide bonds. The van der Waals surface area contributed by atoms with Crippen molar-refractivity contribution < 1.29 is 24.5 Å². The van der Waals surface area contributed by atoms with Gasteiger partial charge in [-0.05, 0) is 55.0 Å². The Hall–Kier alpha value is -4.68. The van der Waals surface area contributed by atoms with Gasteiger partial charge in [0.05, 0.1) is 32.5 Å². The number of rotatable bonds is 15. The van der Waals surface area contributed by atoms with Crippen LogP contribution in [0.25, 0.3) is 0 Å². The van der Waals surface area contributed by atoms with Crippen LogP contribution in [0.1, 0.15) is 16.8 Å². The number of aliphatic hydroxyl groups is 1. The molecule has 4 rings (SSSR count). The molecule has 0 saturated heterocycles. The molecule has 1 aromatic heterocycles. The Kier molecular flexibility index (Phi) is 10.7. The van der Waals surface area contributed by atoms with Gasteiger partial charge >= 0.3 is 0 Å². The van der Waals surface area contributed by atoms with Crippen molar-refractivity contribution >= 4 is 29.4 Å². The van der Waals surface area contributed by atoms with Gasteiger partial charge in [-0.25, -0.2) is 0 Å². The van der Waals surface area contributed by atoms with Crippen LogP contribution in [0.5, 0.6) is 5.75 Å². The van der Waals surface area contributed by atoms with E-state index in [0.717, 1.165) is 0 Å². The standard InChI is InChI=1S/C28H33N7O5/c36-23-10-6-21(7-11-23)31-27-33-26(34-28(35-27)32-22-8-12-24(37)13-9-22)30-15-17-40-19-18-39-16-14-29-25(38)20-4-2-1-3-5-20/h1-8,10-13,22,36-37H,9,14-19H2,(H,29,38)(H3,30,31,32,33,34,35). The lowest BCUT2D eigenvalue weighted by atomic mass is 10.1. The van der Waals surface area contributed by atoms with E-state index in [1.165, 1.54) is 0 Å². The monoisotopic (exact) mass is 547 g/mol. The largest absolute Gasteiger partial charge is 0.508 e. The molecule has 210 valence electrons. The fourth-order valence-corrected chi connectivity index (χ4v) is 3.62. The topological polar surface area (TPSA) is 163 Å². The Morgan fingerprint density at radius 1 is 0.850 bits per heavy atom. The van der Waals surface area contributed by atoms with Crippen LogP contribution in [0.3, 0.4) is 0 Å². The first-order valence-electron chi connectivity index (χ1n) is 12.9. The van der Waals surface area contributed by atoms with E-state index >= 15 is 0 Å². The number of anilines is 4. The van der Waals surface area contributed by atoms with Crippen molar-refractivity contribution in [3.05, 3.63) is 84.1 Å². The second-order valence-electron chi connectivity index (χ2n) is 8.73. The van der Waals surface area contributed by atoms with Gasteiger partial charge in [0.15, 0.2) is 0 Å². The van der Waals surface area contributed by atoms with Crippen LogP contribution in [0.15, 0.2) is 78.6 Å². The zero-order chi connectivity index (χ0) is 28.0. The maximum Gasteiger partial charge on any atom is 0.251 e. The predicted molar refractivity (Wildman–Crippen MR) is 152 cm³/mol. The van der Waals surface area contributed by atoms with E-state index < -0.39 is 0 Å². The van der Waals surface area contributed by atoms with E-state index in [1.54, 1.807) is 48.6 Å². The number of carbonyl (C=O) groups excluding carboxylic acids is 1. The molecule has 0 radical (unpaired) electrons. The Morgan fingerprint density at radius 2 is 1.55 bits per heavy atom. The minimum absolute atomic E-state index is 0.0809. The highest BCUT2D eigenvalue weighted by Crippen LogP contribution is 2.20. The predicted octanol–water partition coefficient (Wildman–Crippen LogP) is 3.38. The SMILES string of the molecule is O=C(NCCOCCOCCNc1nc(Nc2ccc(O)cc2)nc(NC2C=CC(O)=CC2)n1)c1ccccc1. The molecule has 1 aliphatic carbocycles. The van der Waals surface area contributed by atoms with Gasteiger partial charge < -0.3 is 41.0 Å². The van der Waals surface area contributed by atoms with Gasteiger partial charge in [-0.1, -0.05) is 24.3 Å². The van der Waals surface area contributed by atoms with Crippen LogP contribution >= 0.6 is 0 Å². The van der Waals surface area contributed by atoms with Gasteiger partial charge in [0.1, 0.15) is 11.5 Å². The Morgan fingerprint density at radius 3 is 2.27 bits per heavy atom. The van der Waals surface area contributed by atoms with Crippen molar-refractivity contribution in [2.75, 3.05) is 55.5 Å². The van der Waals surface area contributed by atoms with Crippen LogP contribution in [-0.2, 0) is 9.47 Å². The molecule has 12 nitrogen and oxygen atoms in total. The number of aromatic nitrogens is 3. The molecule has 1 aliphatic rings. The molecule has 0 aliphatic heterocycles. The van der Waals surface area contributed by atoms with Crippen molar-refractivity contribution in [3.63, 3.8) is 0 Å². The first-order valence-corrected chi connectivity index (χ1v) is 12.9. The summed E-state index contributed by atoms with van der Waals surface area (Å²) in [5.41, 5.74) is 1.32. The molecular weight excluding hydrogens is 514 g/mol. The van der Waals surface area contributed by atoms with Crippen molar-refractivity contribution in [1.29, 1.82) is 0 Å². The van der Waals surface area contributed by atoms with Gasteiger partial charge in [0, 0.05) is 24.3 Å². The molecular formula is C28H33N7O5. The van der Waals surface area contributed by atoms with E-state index in [1.807, 2.05) is 24.3 Å². The lowest BCUT2D eigenvalue weighted by molar-refractivity contribution is 0.0519. The third-order valence-corrected chi connectivity index (χ3v) is 5.62. The summed E-state index contributed by atoms with van der Waals surface area (Å²) in [5, 5.41) is 31.4. The normalized spacial score (nSPS) is 14.3. The van der Waals surface area contributed by atoms with Crippen LogP contribution < -0.4 is 21.3 Å². The molecule has 2 aromatic carbocycles. The molecule has 0 fully saturated rings. The highest BCUT2D eigenvalue weighted by atomic mass is 16.5. The van der Waals surface area contributed by atoms with Gasteiger partial charge in [-0.2, -0.15) is 15.0 Å². The smallest absolute Gasteiger partial charge is 0.251 e. The summed E-state index contributed by atoms with van der Waals surface area (Å²) in [7, 11) is 0. The number of allylic oxidation sites excluding steroid dienone is 1. The zero-order valence-electron chi connectivity index (χ0n) is 21.9. The minimum Gasteiger partial charge on any atom is -0.508 e. The Labute approximate surface area is 232 Å². The lowest BCUT2D eigenvalue weighted by Crippen LogP contribution is -2.27. The van der Waals surface area contributed by atoms with Crippen LogP contribution in [0.2, 0.25) is 0 Å².